The fourth-order valence-electron chi connectivity index (χ4n) is 5.18. The minimum atomic E-state index is -0.425. The average Bonchev–Trinajstić information content (AvgIpc) is 3.46. The standard InChI is InChI=1S/C30H30N4O4S/c1-19(32-33-29(35)18-39-17-20-6-11-23(12-7-20)34(36)37)22-10-15-28-27(16-22)25-4-3-5-26(25)30(31-28)21-8-13-24(38-2)14-9-21/h3-4,6-16,25-26,30-31H,5,17-18H2,1-2H3,(H,33,35)/b32-19-/t25-,26+,30+/m1/s1. The Bertz CT molecular complexity index is 1420. The Morgan fingerprint density at radius 3 is 2.64 bits per heavy atom. The van der Waals surface area contributed by atoms with Crippen molar-refractivity contribution < 1.29 is 14.5 Å². The van der Waals surface area contributed by atoms with Crippen LogP contribution in [0, 0.1) is 16.0 Å². The van der Waals surface area contributed by atoms with Gasteiger partial charge in [-0.15, -0.1) is 11.8 Å². The SMILES string of the molecule is COc1ccc([C@@H]2Nc3ccc(/C(C)=N\NC(=O)CSCc4ccc([N+](=O)[O-])cc4)cc3[C@@H]3C=CC[C@@H]32)cc1. The molecule has 0 saturated heterocycles. The number of nitro benzene ring substituents is 1. The molecule has 200 valence electrons. The summed E-state index contributed by atoms with van der Waals surface area (Å²) >= 11 is 1.43. The molecule has 3 atom stereocenters. The van der Waals surface area contributed by atoms with Crippen molar-refractivity contribution in [2.24, 2.45) is 11.0 Å². The molecule has 9 heteroatoms. The Balaban J connectivity index is 1.21. The van der Waals surface area contributed by atoms with Crippen molar-refractivity contribution in [1.29, 1.82) is 0 Å². The number of hydrogen-bond donors (Lipinski definition) is 2. The third-order valence-corrected chi connectivity index (χ3v) is 8.26. The van der Waals surface area contributed by atoms with Crippen LogP contribution in [0.15, 0.2) is 84.0 Å². The van der Waals surface area contributed by atoms with Crippen molar-refractivity contribution in [3.8, 4) is 5.75 Å². The van der Waals surface area contributed by atoms with Crippen LogP contribution in [-0.4, -0.2) is 29.4 Å². The van der Waals surface area contributed by atoms with Gasteiger partial charge in [-0.3, -0.25) is 14.9 Å². The van der Waals surface area contributed by atoms with E-state index in [1.807, 2.05) is 25.1 Å². The second-order valence-electron chi connectivity index (χ2n) is 9.70. The molecule has 0 unspecified atom stereocenters. The highest BCUT2D eigenvalue weighted by atomic mass is 32.2. The highest BCUT2D eigenvalue weighted by Gasteiger charge is 2.38. The fraction of sp³-hybridized carbons (Fsp3) is 0.267. The Morgan fingerprint density at radius 2 is 1.92 bits per heavy atom. The lowest BCUT2D eigenvalue weighted by Crippen LogP contribution is -2.29. The predicted molar refractivity (Wildman–Crippen MR) is 155 cm³/mol. The van der Waals surface area contributed by atoms with Gasteiger partial charge in [0.1, 0.15) is 5.75 Å². The number of methoxy groups -OCH3 is 1. The normalized spacial score (nSPS) is 19.5. The van der Waals surface area contributed by atoms with Gasteiger partial charge in [0.2, 0.25) is 5.91 Å². The molecule has 0 aromatic heterocycles. The minimum absolute atomic E-state index is 0.0563. The smallest absolute Gasteiger partial charge is 0.269 e. The number of allylic oxidation sites excluding steroid dienone is 2. The van der Waals surface area contributed by atoms with E-state index in [1.54, 1.807) is 19.2 Å². The third-order valence-electron chi connectivity index (χ3n) is 7.25. The van der Waals surface area contributed by atoms with Crippen molar-refractivity contribution in [2.75, 3.05) is 18.2 Å². The molecule has 3 aromatic rings. The molecule has 39 heavy (non-hydrogen) atoms. The van der Waals surface area contributed by atoms with Crippen LogP contribution in [0.1, 0.15) is 47.6 Å². The molecule has 0 fully saturated rings. The lowest BCUT2D eigenvalue weighted by molar-refractivity contribution is -0.384. The summed E-state index contributed by atoms with van der Waals surface area (Å²) in [7, 11) is 1.68. The van der Waals surface area contributed by atoms with Crippen LogP contribution in [0.4, 0.5) is 11.4 Å². The zero-order valence-corrected chi connectivity index (χ0v) is 22.6. The number of hydrogen-bond acceptors (Lipinski definition) is 7. The van der Waals surface area contributed by atoms with Crippen LogP contribution in [-0.2, 0) is 10.5 Å². The first-order valence-corrected chi connectivity index (χ1v) is 13.9. The molecule has 1 heterocycles. The van der Waals surface area contributed by atoms with E-state index in [-0.39, 0.29) is 23.4 Å². The van der Waals surface area contributed by atoms with Crippen LogP contribution >= 0.6 is 11.8 Å². The van der Waals surface area contributed by atoms with E-state index in [4.69, 9.17) is 4.74 Å². The van der Waals surface area contributed by atoms with Gasteiger partial charge >= 0.3 is 0 Å². The number of non-ortho nitro benzene ring substituents is 1. The number of amides is 1. The molecule has 5 rings (SSSR count). The number of rotatable bonds is 9. The minimum Gasteiger partial charge on any atom is -0.497 e. The number of ether oxygens (including phenoxy) is 1. The number of nitrogens with zero attached hydrogens (tertiary/aromatic N) is 2. The quantitative estimate of drug-likeness (QED) is 0.144. The molecule has 2 N–H and O–H groups in total. The number of nitrogens with one attached hydrogen (secondary N) is 2. The topological polar surface area (TPSA) is 106 Å². The maximum atomic E-state index is 12.4. The largest absolute Gasteiger partial charge is 0.497 e. The summed E-state index contributed by atoms with van der Waals surface area (Å²) in [6, 6.07) is 21.2. The van der Waals surface area contributed by atoms with Gasteiger partial charge in [0.05, 0.1) is 29.5 Å². The van der Waals surface area contributed by atoms with E-state index in [0.29, 0.717) is 17.6 Å². The van der Waals surface area contributed by atoms with Crippen molar-refractivity contribution in [1.82, 2.24) is 5.43 Å². The van der Waals surface area contributed by atoms with Gasteiger partial charge in [-0.1, -0.05) is 42.5 Å². The number of carbonyl (C=O) groups excluding carboxylic acids is 1. The van der Waals surface area contributed by atoms with Crippen molar-refractivity contribution in [2.45, 2.75) is 31.1 Å². The van der Waals surface area contributed by atoms with Crippen LogP contribution in [0.25, 0.3) is 0 Å². The van der Waals surface area contributed by atoms with Crippen LogP contribution < -0.4 is 15.5 Å². The number of thioether (sulfide) groups is 1. The van der Waals surface area contributed by atoms with Gasteiger partial charge in [-0.25, -0.2) is 5.43 Å². The van der Waals surface area contributed by atoms with Gasteiger partial charge in [0.15, 0.2) is 0 Å². The van der Waals surface area contributed by atoms with E-state index >= 15 is 0 Å². The number of anilines is 1. The third kappa shape index (κ3) is 5.98. The number of hydrazone groups is 1. The average molecular weight is 543 g/mol. The molecular formula is C30H30N4O4S. The Hall–Kier alpha value is -4.11. The second-order valence-corrected chi connectivity index (χ2v) is 10.7. The van der Waals surface area contributed by atoms with Gasteiger partial charge in [-0.2, -0.15) is 5.10 Å². The summed E-state index contributed by atoms with van der Waals surface area (Å²) in [6.45, 7) is 1.89. The fourth-order valence-corrected chi connectivity index (χ4v) is 5.96. The number of nitro groups is 1. The molecule has 1 amide bonds. The number of benzene rings is 3. The molecule has 2 aliphatic rings. The molecule has 0 saturated carbocycles. The van der Waals surface area contributed by atoms with E-state index in [1.165, 1.54) is 35.0 Å². The molecular weight excluding hydrogens is 512 g/mol. The number of fused-ring (bicyclic) bond motifs is 3. The Kier molecular flexibility index (Phi) is 7.97. The van der Waals surface area contributed by atoms with Crippen LogP contribution in [0.3, 0.4) is 0 Å². The van der Waals surface area contributed by atoms with Gasteiger partial charge in [0, 0.05) is 29.5 Å². The zero-order valence-electron chi connectivity index (χ0n) is 21.8. The second kappa shape index (κ2) is 11.7. The van der Waals surface area contributed by atoms with Crippen LogP contribution in [0.2, 0.25) is 0 Å². The summed E-state index contributed by atoms with van der Waals surface area (Å²) in [4.78, 5) is 22.7. The Labute approximate surface area is 231 Å². The maximum absolute atomic E-state index is 12.4. The van der Waals surface area contributed by atoms with Crippen LogP contribution in [0.5, 0.6) is 5.75 Å². The van der Waals surface area contributed by atoms with Gasteiger partial charge in [-0.05, 0) is 65.8 Å². The molecule has 1 aliphatic carbocycles. The monoisotopic (exact) mass is 542 g/mol. The molecule has 0 bridgehead atoms. The summed E-state index contributed by atoms with van der Waals surface area (Å²) < 4.78 is 5.33. The van der Waals surface area contributed by atoms with E-state index in [9.17, 15) is 14.9 Å². The summed E-state index contributed by atoms with van der Waals surface area (Å²) in [5, 5.41) is 18.9. The first-order chi connectivity index (χ1) is 18.9. The lowest BCUT2D eigenvalue weighted by atomic mass is 9.76. The van der Waals surface area contributed by atoms with Gasteiger partial charge < -0.3 is 10.1 Å². The summed E-state index contributed by atoms with van der Waals surface area (Å²) in [5.74, 6) is 2.22. The van der Waals surface area contributed by atoms with E-state index in [0.717, 1.165) is 34.7 Å². The zero-order chi connectivity index (χ0) is 27.4. The predicted octanol–water partition coefficient (Wildman–Crippen LogP) is 6.20. The first-order valence-electron chi connectivity index (χ1n) is 12.8. The number of carbonyl (C=O) groups is 1. The van der Waals surface area contributed by atoms with Gasteiger partial charge in [0.25, 0.3) is 5.69 Å². The highest BCUT2D eigenvalue weighted by molar-refractivity contribution is 7.99. The van der Waals surface area contributed by atoms with Crippen molar-refractivity contribution in [3.63, 3.8) is 0 Å². The molecule has 8 nitrogen and oxygen atoms in total. The molecule has 0 spiro atoms. The maximum Gasteiger partial charge on any atom is 0.269 e. The summed E-state index contributed by atoms with van der Waals surface area (Å²) in [5.41, 5.74) is 8.95. The highest BCUT2D eigenvalue weighted by Crippen LogP contribution is 2.50. The lowest BCUT2D eigenvalue weighted by Gasteiger charge is -2.37. The van der Waals surface area contributed by atoms with Crippen molar-refractivity contribution >= 4 is 34.8 Å². The molecule has 1 aliphatic heterocycles. The molecule has 0 radical (unpaired) electrons. The summed E-state index contributed by atoms with van der Waals surface area (Å²) in [6.07, 6.45) is 5.59. The van der Waals surface area contributed by atoms with E-state index < -0.39 is 4.92 Å². The first kappa shape index (κ1) is 26.5. The molecule has 3 aromatic carbocycles. The van der Waals surface area contributed by atoms with E-state index in [2.05, 4.69) is 52.3 Å². The van der Waals surface area contributed by atoms with Crippen molar-refractivity contribution in [3.05, 3.63) is 111 Å². The Morgan fingerprint density at radius 1 is 1.15 bits per heavy atom.